The van der Waals surface area contributed by atoms with Crippen molar-refractivity contribution < 1.29 is 9.84 Å². The molecule has 7 heteroatoms. The van der Waals surface area contributed by atoms with Crippen LogP contribution >= 0.6 is 22.7 Å². The molecule has 0 atom stereocenters. The van der Waals surface area contributed by atoms with Crippen molar-refractivity contribution in [2.45, 2.75) is 19.6 Å². The van der Waals surface area contributed by atoms with E-state index < -0.39 is 0 Å². The van der Waals surface area contributed by atoms with Gasteiger partial charge in [0, 0.05) is 17.4 Å². The van der Waals surface area contributed by atoms with Crippen molar-refractivity contribution in [2.75, 3.05) is 7.11 Å². The average Bonchev–Trinajstić information content (AvgIpc) is 3.42. The van der Waals surface area contributed by atoms with Gasteiger partial charge in [-0.15, -0.1) is 22.7 Å². The molecule has 0 spiro atoms. The Kier molecular flexibility index (Phi) is 5.31. The smallest absolute Gasteiger partial charge is 0.263 e. The standard InChI is InChI=1S/C24H20N2O3S2/c1-29-14-19-25-23-21(24(28)26(19)13-17-8-5-11-30-17)20-16(9-10-18(27)22(20)31-23)12-15-6-3-2-4-7-15/h2-11,27H,12-14H2,1H3. The molecular weight excluding hydrogens is 428 g/mol. The summed E-state index contributed by atoms with van der Waals surface area (Å²) >= 11 is 2.96. The second kappa shape index (κ2) is 8.26. The Morgan fingerprint density at radius 2 is 1.90 bits per heavy atom. The number of methoxy groups -OCH3 is 1. The van der Waals surface area contributed by atoms with Gasteiger partial charge in [-0.05, 0) is 35.1 Å². The fraction of sp³-hybridized carbons (Fsp3) is 0.167. The van der Waals surface area contributed by atoms with E-state index in [9.17, 15) is 9.90 Å². The molecule has 156 valence electrons. The zero-order chi connectivity index (χ0) is 21.4. The molecule has 5 aromatic rings. The van der Waals surface area contributed by atoms with Crippen LogP contribution in [-0.2, 0) is 24.3 Å². The summed E-state index contributed by atoms with van der Waals surface area (Å²) in [7, 11) is 1.60. The number of benzene rings is 2. The molecule has 3 heterocycles. The van der Waals surface area contributed by atoms with Gasteiger partial charge in [-0.1, -0.05) is 42.5 Å². The third kappa shape index (κ3) is 3.65. The monoisotopic (exact) mass is 448 g/mol. The molecule has 0 radical (unpaired) electrons. The molecule has 2 aromatic carbocycles. The van der Waals surface area contributed by atoms with E-state index in [4.69, 9.17) is 9.72 Å². The van der Waals surface area contributed by atoms with Crippen LogP contribution in [0.4, 0.5) is 0 Å². The SMILES string of the molecule is COCc1nc2sc3c(O)ccc(Cc4ccccc4)c3c2c(=O)n1Cc1cccs1. The van der Waals surface area contributed by atoms with Crippen LogP contribution in [-0.4, -0.2) is 21.8 Å². The zero-order valence-electron chi connectivity index (χ0n) is 16.9. The Morgan fingerprint density at radius 3 is 2.65 bits per heavy atom. The molecule has 1 N–H and O–H groups in total. The molecule has 3 aromatic heterocycles. The van der Waals surface area contributed by atoms with E-state index >= 15 is 0 Å². The maximum absolute atomic E-state index is 13.7. The van der Waals surface area contributed by atoms with Crippen LogP contribution in [0.25, 0.3) is 20.3 Å². The van der Waals surface area contributed by atoms with Gasteiger partial charge in [-0.25, -0.2) is 4.98 Å². The molecule has 0 amide bonds. The fourth-order valence-corrected chi connectivity index (χ4v) is 5.71. The van der Waals surface area contributed by atoms with Crippen LogP contribution < -0.4 is 5.56 Å². The van der Waals surface area contributed by atoms with Gasteiger partial charge < -0.3 is 9.84 Å². The van der Waals surface area contributed by atoms with Crippen LogP contribution in [0.2, 0.25) is 0 Å². The summed E-state index contributed by atoms with van der Waals surface area (Å²) < 4.78 is 7.72. The van der Waals surface area contributed by atoms with Crippen molar-refractivity contribution in [3.63, 3.8) is 0 Å². The van der Waals surface area contributed by atoms with Crippen molar-refractivity contribution in [3.8, 4) is 5.75 Å². The molecule has 0 unspecified atom stereocenters. The Morgan fingerprint density at radius 1 is 1.06 bits per heavy atom. The first-order valence-electron chi connectivity index (χ1n) is 9.87. The number of rotatable bonds is 6. The lowest BCUT2D eigenvalue weighted by Gasteiger charge is -2.11. The lowest BCUT2D eigenvalue weighted by Crippen LogP contribution is -2.25. The highest BCUT2D eigenvalue weighted by Gasteiger charge is 2.20. The lowest BCUT2D eigenvalue weighted by molar-refractivity contribution is 0.173. The predicted octanol–water partition coefficient (Wildman–Crippen LogP) is 5.16. The quantitative estimate of drug-likeness (QED) is 0.390. The van der Waals surface area contributed by atoms with Gasteiger partial charge in [0.05, 0.1) is 16.6 Å². The molecule has 5 rings (SSSR count). The van der Waals surface area contributed by atoms with Gasteiger partial charge in [0.2, 0.25) is 0 Å². The van der Waals surface area contributed by atoms with Crippen molar-refractivity contribution in [1.82, 2.24) is 9.55 Å². The number of thiophene rings is 2. The summed E-state index contributed by atoms with van der Waals surface area (Å²) in [5.41, 5.74) is 2.06. The normalized spacial score (nSPS) is 11.5. The molecule has 0 bridgehead atoms. The molecule has 0 aliphatic carbocycles. The average molecular weight is 449 g/mol. The summed E-state index contributed by atoms with van der Waals surface area (Å²) in [5.74, 6) is 0.761. The zero-order valence-corrected chi connectivity index (χ0v) is 18.5. The van der Waals surface area contributed by atoms with E-state index in [1.807, 2.05) is 41.8 Å². The Bertz CT molecular complexity index is 1420. The number of nitrogens with zero attached hydrogens (tertiary/aromatic N) is 2. The first-order valence-corrected chi connectivity index (χ1v) is 11.6. The first-order chi connectivity index (χ1) is 15.2. The maximum Gasteiger partial charge on any atom is 0.263 e. The van der Waals surface area contributed by atoms with Crippen LogP contribution in [0.1, 0.15) is 21.8 Å². The van der Waals surface area contributed by atoms with Gasteiger partial charge in [-0.2, -0.15) is 0 Å². The number of fused-ring (bicyclic) bond motifs is 3. The second-order valence-electron chi connectivity index (χ2n) is 7.32. The molecule has 31 heavy (non-hydrogen) atoms. The molecule has 0 saturated heterocycles. The number of hydrogen-bond acceptors (Lipinski definition) is 6. The molecule has 0 aliphatic heterocycles. The minimum Gasteiger partial charge on any atom is -0.506 e. The summed E-state index contributed by atoms with van der Waals surface area (Å²) in [6.07, 6.45) is 0.674. The summed E-state index contributed by atoms with van der Waals surface area (Å²) in [5, 5.41) is 13.9. The molecule has 0 saturated carbocycles. The van der Waals surface area contributed by atoms with Crippen LogP contribution in [0, 0.1) is 0 Å². The molecule has 5 nitrogen and oxygen atoms in total. The number of ether oxygens (including phenoxy) is 1. The summed E-state index contributed by atoms with van der Waals surface area (Å²) in [4.78, 5) is 20.2. The van der Waals surface area contributed by atoms with Gasteiger partial charge >= 0.3 is 0 Å². The minimum atomic E-state index is -0.100. The summed E-state index contributed by atoms with van der Waals surface area (Å²) in [6.45, 7) is 0.690. The highest BCUT2D eigenvalue weighted by atomic mass is 32.1. The molecule has 0 fully saturated rings. The van der Waals surface area contributed by atoms with Crippen molar-refractivity contribution >= 4 is 43.0 Å². The van der Waals surface area contributed by atoms with Crippen LogP contribution in [0.5, 0.6) is 5.75 Å². The van der Waals surface area contributed by atoms with Crippen molar-refractivity contribution in [3.05, 3.63) is 92.2 Å². The predicted molar refractivity (Wildman–Crippen MR) is 126 cm³/mol. The van der Waals surface area contributed by atoms with Gasteiger partial charge in [0.1, 0.15) is 23.0 Å². The topological polar surface area (TPSA) is 64.3 Å². The van der Waals surface area contributed by atoms with Crippen LogP contribution in [0.3, 0.4) is 0 Å². The van der Waals surface area contributed by atoms with Gasteiger partial charge in [-0.3, -0.25) is 9.36 Å². The number of hydrogen-bond donors (Lipinski definition) is 1. The Labute approximate surface area is 186 Å². The van der Waals surface area contributed by atoms with E-state index in [0.717, 1.165) is 21.4 Å². The second-order valence-corrected chi connectivity index (χ2v) is 9.36. The van der Waals surface area contributed by atoms with Crippen molar-refractivity contribution in [1.29, 1.82) is 0 Å². The van der Waals surface area contributed by atoms with E-state index in [0.29, 0.717) is 33.7 Å². The van der Waals surface area contributed by atoms with Gasteiger partial charge in [0.25, 0.3) is 5.56 Å². The highest BCUT2D eigenvalue weighted by molar-refractivity contribution is 7.25. The fourth-order valence-electron chi connectivity index (χ4n) is 3.88. The maximum atomic E-state index is 13.7. The molecular formula is C24H20N2O3S2. The number of phenols is 1. The van der Waals surface area contributed by atoms with Gasteiger partial charge in [0.15, 0.2) is 0 Å². The van der Waals surface area contributed by atoms with E-state index in [-0.39, 0.29) is 17.9 Å². The van der Waals surface area contributed by atoms with Crippen LogP contribution in [0.15, 0.2) is 64.8 Å². The number of aromatic nitrogens is 2. The minimum absolute atomic E-state index is 0.100. The third-order valence-corrected chi connectivity index (χ3v) is 7.26. The number of phenolic OH excluding ortho intramolecular Hbond substituents is 1. The summed E-state index contributed by atoms with van der Waals surface area (Å²) in [6, 6.07) is 17.7. The largest absolute Gasteiger partial charge is 0.506 e. The first kappa shape index (κ1) is 19.9. The lowest BCUT2D eigenvalue weighted by atomic mass is 10.00. The Hall–Kier alpha value is -3.00. The van der Waals surface area contributed by atoms with E-state index in [1.165, 1.54) is 11.3 Å². The number of aromatic hydroxyl groups is 1. The highest BCUT2D eigenvalue weighted by Crippen LogP contribution is 2.39. The van der Waals surface area contributed by atoms with E-state index in [1.54, 1.807) is 29.1 Å². The molecule has 0 aliphatic rings. The van der Waals surface area contributed by atoms with E-state index in [2.05, 4.69) is 12.1 Å². The Balaban J connectivity index is 1.78. The van der Waals surface area contributed by atoms with Crippen molar-refractivity contribution in [2.24, 2.45) is 0 Å². The third-order valence-electron chi connectivity index (χ3n) is 5.29.